The molecule has 2 aliphatic rings. The summed E-state index contributed by atoms with van der Waals surface area (Å²) in [6, 6.07) is 11.8. The summed E-state index contributed by atoms with van der Waals surface area (Å²) in [7, 11) is 0. The van der Waals surface area contributed by atoms with Gasteiger partial charge in [-0.05, 0) is 38.0 Å². The molecule has 4 rings (SSSR count). The number of anilines is 1. The van der Waals surface area contributed by atoms with E-state index in [4.69, 9.17) is 4.42 Å². The van der Waals surface area contributed by atoms with Crippen LogP contribution in [0, 0.1) is 6.92 Å². The molecular weight excluding hydrogens is 234 g/mol. The first kappa shape index (κ1) is 11.2. The molecule has 1 fully saturated rings. The third-order valence-electron chi connectivity index (χ3n) is 5.26. The Morgan fingerprint density at radius 2 is 2.05 bits per heavy atom. The first-order valence-electron chi connectivity index (χ1n) is 7.05. The van der Waals surface area contributed by atoms with Gasteiger partial charge in [0.1, 0.15) is 5.76 Å². The van der Waals surface area contributed by atoms with Gasteiger partial charge in [0.25, 0.3) is 0 Å². The van der Waals surface area contributed by atoms with Gasteiger partial charge in [-0.25, -0.2) is 0 Å². The molecule has 1 aromatic carbocycles. The lowest BCUT2D eigenvalue weighted by molar-refractivity contribution is 0.349. The second kappa shape index (κ2) is 3.44. The zero-order valence-electron chi connectivity index (χ0n) is 11.7. The van der Waals surface area contributed by atoms with Crippen LogP contribution in [-0.2, 0) is 5.41 Å². The molecule has 0 amide bonds. The molecule has 0 radical (unpaired) electrons. The van der Waals surface area contributed by atoms with Crippen LogP contribution in [0.25, 0.3) is 0 Å². The van der Waals surface area contributed by atoms with Gasteiger partial charge in [-0.3, -0.25) is 0 Å². The first-order valence-corrected chi connectivity index (χ1v) is 7.05. The van der Waals surface area contributed by atoms with Gasteiger partial charge in [-0.15, -0.1) is 0 Å². The largest absolute Gasteiger partial charge is 0.468 e. The van der Waals surface area contributed by atoms with Crippen LogP contribution in [0.5, 0.6) is 0 Å². The summed E-state index contributed by atoms with van der Waals surface area (Å²) in [5.41, 5.74) is 4.28. The zero-order valence-corrected chi connectivity index (χ0v) is 11.7. The van der Waals surface area contributed by atoms with Crippen LogP contribution in [0.4, 0.5) is 5.69 Å². The molecule has 0 saturated carbocycles. The van der Waals surface area contributed by atoms with E-state index in [2.05, 4.69) is 56.0 Å². The Morgan fingerprint density at radius 3 is 2.84 bits per heavy atom. The molecule has 2 heteroatoms. The molecule has 2 heterocycles. The minimum Gasteiger partial charge on any atom is -0.468 e. The Labute approximate surface area is 114 Å². The number of furan rings is 1. The second-order valence-corrected chi connectivity index (χ2v) is 6.21. The fourth-order valence-corrected chi connectivity index (χ4v) is 4.07. The average molecular weight is 253 g/mol. The van der Waals surface area contributed by atoms with E-state index in [0.29, 0.717) is 12.1 Å². The molecule has 2 aromatic rings. The number of benzene rings is 1. The predicted molar refractivity (Wildman–Crippen MR) is 76.5 cm³/mol. The maximum absolute atomic E-state index is 5.77. The van der Waals surface area contributed by atoms with Gasteiger partial charge in [0, 0.05) is 22.7 Å². The summed E-state index contributed by atoms with van der Waals surface area (Å²) < 4.78 is 5.77. The number of hydrogen-bond donors (Lipinski definition) is 0. The van der Waals surface area contributed by atoms with Crippen LogP contribution in [-0.4, -0.2) is 6.04 Å². The Hall–Kier alpha value is -1.70. The van der Waals surface area contributed by atoms with E-state index >= 15 is 0 Å². The molecule has 19 heavy (non-hydrogen) atoms. The lowest BCUT2D eigenvalue weighted by atomic mass is 9.82. The second-order valence-electron chi connectivity index (χ2n) is 6.21. The van der Waals surface area contributed by atoms with Crippen LogP contribution < -0.4 is 4.90 Å². The van der Waals surface area contributed by atoms with Crippen molar-refractivity contribution in [3.63, 3.8) is 0 Å². The van der Waals surface area contributed by atoms with Gasteiger partial charge in [0.15, 0.2) is 0 Å². The molecule has 2 bridgehead atoms. The molecule has 1 aliphatic heterocycles. The van der Waals surface area contributed by atoms with Crippen LogP contribution >= 0.6 is 0 Å². The molecule has 3 atom stereocenters. The predicted octanol–water partition coefficient (Wildman–Crippen LogP) is 4.20. The average Bonchev–Trinajstić information content (AvgIpc) is 3.02. The van der Waals surface area contributed by atoms with Crippen LogP contribution in [0.15, 0.2) is 41.0 Å². The maximum atomic E-state index is 5.77. The molecule has 2 unspecified atom stereocenters. The highest BCUT2D eigenvalue weighted by atomic mass is 16.3. The molecule has 0 spiro atoms. The summed E-state index contributed by atoms with van der Waals surface area (Å²) in [6.07, 6.45) is 3.03. The highest BCUT2D eigenvalue weighted by molar-refractivity contribution is 5.61. The molecule has 98 valence electrons. The standard InChI is InChI=1S/C17H19NO/c1-11-6-4-5-7-14(11)18-12(2)17(3)10-15(18)13-8-9-19-16(13)17/h4-9,12,15H,10H2,1-3H3/t12-,15?,17?/m0/s1. The summed E-state index contributed by atoms with van der Waals surface area (Å²) in [5, 5.41) is 0. The van der Waals surface area contributed by atoms with Crippen molar-refractivity contribution in [3.05, 3.63) is 53.5 Å². The number of aryl methyl sites for hydroxylation is 1. The number of fused-ring (bicyclic) bond motifs is 5. The quantitative estimate of drug-likeness (QED) is 0.757. The molecule has 1 saturated heterocycles. The van der Waals surface area contributed by atoms with E-state index < -0.39 is 0 Å². The number of hydrogen-bond acceptors (Lipinski definition) is 2. The van der Waals surface area contributed by atoms with Gasteiger partial charge >= 0.3 is 0 Å². The third kappa shape index (κ3) is 1.22. The SMILES string of the molecule is Cc1ccccc1N1C2CC(C)(c3occc32)[C@@H]1C. The fraction of sp³-hybridized carbons (Fsp3) is 0.412. The lowest BCUT2D eigenvalue weighted by Gasteiger charge is -2.39. The molecule has 0 N–H and O–H groups in total. The molecule has 2 nitrogen and oxygen atoms in total. The molecule has 1 aliphatic carbocycles. The molecule has 1 aromatic heterocycles. The van der Waals surface area contributed by atoms with Crippen molar-refractivity contribution in [1.82, 2.24) is 0 Å². The van der Waals surface area contributed by atoms with E-state index in [1.165, 1.54) is 29.0 Å². The van der Waals surface area contributed by atoms with E-state index in [0.717, 1.165) is 0 Å². The summed E-state index contributed by atoms with van der Waals surface area (Å²) in [6.45, 7) is 6.88. The monoisotopic (exact) mass is 253 g/mol. The van der Waals surface area contributed by atoms with Gasteiger partial charge in [0.05, 0.1) is 12.3 Å². The Bertz CT molecular complexity index is 644. The van der Waals surface area contributed by atoms with Crippen molar-refractivity contribution >= 4 is 5.69 Å². The van der Waals surface area contributed by atoms with E-state index in [1.807, 2.05) is 6.26 Å². The Kier molecular flexibility index (Phi) is 2.02. The van der Waals surface area contributed by atoms with Gasteiger partial charge in [-0.1, -0.05) is 25.1 Å². The van der Waals surface area contributed by atoms with Crippen molar-refractivity contribution in [2.75, 3.05) is 4.90 Å². The Morgan fingerprint density at radius 1 is 1.26 bits per heavy atom. The minimum absolute atomic E-state index is 0.159. The minimum atomic E-state index is 0.159. The van der Waals surface area contributed by atoms with Gasteiger partial charge in [-0.2, -0.15) is 0 Å². The van der Waals surface area contributed by atoms with Crippen molar-refractivity contribution < 1.29 is 4.42 Å². The van der Waals surface area contributed by atoms with E-state index in [-0.39, 0.29) is 5.41 Å². The highest BCUT2D eigenvalue weighted by Crippen LogP contribution is 2.59. The van der Waals surface area contributed by atoms with Crippen molar-refractivity contribution in [1.29, 1.82) is 0 Å². The third-order valence-corrected chi connectivity index (χ3v) is 5.26. The van der Waals surface area contributed by atoms with Crippen molar-refractivity contribution in [2.45, 2.75) is 44.7 Å². The highest BCUT2D eigenvalue weighted by Gasteiger charge is 2.57. The number of nitrogens with zero attached hydrogens (tertiary/aromatic N) is 1. The van der Waals surface area contributed by atoms with E-state index in [1.54, 1.807) is 0 Å². The zero-order chi connectivity index (χ0) is 13.2. The summed E-state index contributed by atoms with van der Waals surface area (Å²) >= 11 is 0. The van der Waals surface area contributed by atoms with Crippen molar-refractivity contribution in [3.8, 4) is 0 Å². The lowest BCUT2D eigenvalue weighted by Crippen LogP contribution is -2.42. The van der Waals surface area contributed by atoms with Crippen LogP contribution in [0.2, 0.25) is 0 Å². The summed E-state index contributed by atoms with van der Waals surface area (Å²) in [4.78, 5) is 2.59. The Balaban J connectivity index is 1.88. The topological polar surface area (TPSA) is 16.4 Å². The van der Waals surface area contributed by atoms with Gasteiger partial charge in [0.2, 0.25) is 0 Å². The first-order chi connectivity index (χ1) is 9.13. The maximum Gasteiger partial charge on any atom is 0.117 e. The van der Waals surface area contributed by atoms with E-state index in [9.17, 15) is 0 Å². The normalized spacial score (nSPS) is 31.8. The molecular formula is C17H19NO. The smallest absolute Gasteiger partial charge is 0.117 e. The summed E-state index contributed by atoms with van der Waals surface area (Å²) in [5.74, 6) is 1.22. The van der Waals surface area contributed by atoms with Crippen LogP contribution in [0.3, 0.4) is 0 Å². The fourth-order valence-electron chi connectivity index (χ4n) is 4.07. The van der Waals surface area contributed by atoms with Gasteiger partial charge < -0.3 is 9.32 Å². The number of para-hydroxylation sites is 1. The number of rotatable bonds is 1. The van der Waals surface area contributed by atoms with Crippen LogP contribution in [0.1, 0.15) is 43.2 Å². The van der Waals surface area contributed by atoms with Crippen molar-refractivity contribution in [2.24, 2.45) is 0 Å².